The van der Waals surface area contributed by atoms with Crippen LogP contribution in [0.5, 0.6) is 0 Å². The summed E-state index contributed by atoms with van der Waals surface area (Å²) in [5.74, 6) is 3.57. The lowest BCUT2D eigenvalue weighted by atomic mass is 9.96. The average molecular weight is 194 g/mol. The van der Waals surface area contributed by atoms with Gasteiger partial charge < -0.3 is 5.32 Å². The number of piperidine rings is 1. The van der Waals surface area contributed by atoms with E-state index in [1.54, 1.807) is 0 Å². The molecule has 0 aromatic heterocycles. The van der Waals surface area contributed by atoms with E-state index in [2.05, 4.69) is 30.0 Å². The van der Waals surface area contributed by atoms with Crippen LogP contribution in [0.2, 0.25) is 0 Å². The minimum atomic E-state index is 0.610. The number of hydrogen-bond acceptors (Lipinski definition) is 2. The van der Waals surface area contributed by atoms with Gasteiger partial charge in [-0.1, -0.05) is 19.8 Å². The summed E-state index contributed by atoms with van der Waals surface area (Å²) in [5, 5.41) is 3.50. The van der Waals surface area contributed by atoms with E-state index < -0.39 is 0 Å². The van der Waals surface area contributed by atoms with Gasteiger partial charge in [-0.15, -0.1) is 6.42 Å². The molecule has 0 spiro atoms. The Bertz CT molecular complexity index is 185. The molecule has 0 saturated carbocycles. The van der Waals surface area contributed by atoms with Gasteiger partial charge in [0.25, 0.3) is 0 Å². The van der Waals surface area contributed by atoms with E-state index in [0.717, 1.165) is 12.5 Å². The molecule has 1 aliphatic heterocycles. The van der Waals surface area contributed by atoms with E-state index in [4.69, 9.17) is 6.42 Å². The molecule has 0 aromatic carbocycles. The topological polar surface area (TPSA) is 15.3 Å². The highest BCUT2D eigenvalue weighted by Crippen LogP contribution is 2.15. The molecule has 0 atom stereocenters. The lowest BCUT2D eigenvalue weighted by Gasteiger charge is -2.31. The molecule has 2 nitrogen and oxygen atoms in total. The molecule has 1 N–H and O–H groups in total. The van der Waals surface area contributed by atoms with Crippen molar-refractivity contribution < 1.29 is 0 Å². The van der Waals surface area contributed by atoms with Gasteiger partial charge in [0.2, 0.25) is 0 Å². The predicted molar refractivity (Wildman–Crippen MR) is 61.1 cm³/mol. The molecular weight excluding hydrogens is 172 g/mol. The third kappa shape index (κ3) is 4.13. The third-order valence-electron chi connectivity index (χ3n) is 2.84. The quantitative estimate of drug-likeness (QED) is 0.679. The van der Waals surface area contributed by atoms with Crippen molar-refractivity contribution in [1.82, 2.24) is 10.2 Å². The van der Waals surface area contributed by atoms with E-state index in [1.165, 1.54) is 32.5 Å². The molecule has 0 aliphatic carbocycles. The third-order valence-corrected chi connectivity index (χ3v) is 2.84. The van der Waals surface area contributed by atoms with E-state index >= 15 is 0 Å². The predicted octanol–water partition coefficient (Wildman–Crippen LogP) is 1.33. The van der Waals surface area contributed by atoms with Crippen molar-refractivity contribution in [3.8, 4) is 12.3 Å². The fourth-order valence-electron chi connectivity index (χ4n) is 1.88. The molecule has 14 heavy (non-hydrogen) atoms. The van der Waals surface area contributed by atoms with Gasteiger partial charge in [0.05, 0.1) is 6.54 Å². The molecule has 1 saturated heterocycles. The Hall–Kier alpha value is -0.520. The van der Waals surface area contributed by atoms with Gasteiger partial charge in [-0.05, 0) is 38.4 Å². The first-order chi connectivity index (χ1) is 6.72. The summed E-state index contributed by atoms with van der Waals surface area (Å²) in [4.78, 5) is 2.37. The van der Waals surface area contributed by atoms with Gasteiger partial charge in [0.15, 0.2) is 0 Å². The lowest BCUT2D eigenvalue weighted by Crippen LogP contribution is -2.38. The van der Waals surface area contributed by atoms with E-state index in [-0.39, 0.29) is 0 Å². The molecule has 1 heterocycles. The molecule has 0 unspecified atom stereocenters. The van der Waals surface area contributed by atoms with Crippen molar-refractivity contribution in [3.05, 3.63) is 0 Å². The molecule has 0 aromatic rings. The summed E-state index contributed by atoms with van der Waals surface area (Å²) in [7, 11) is 0. The van der Waals surface area contributed by atoms with Crippen molar-refractivity contribution >= 4 is 0 Å². The van der Waals surface area contributed by atoms with Crippen LogP contribution in [0.3, 0.4) is 0 Å². The molecule has 2 heteroatoms. The number of terminal acetylenes is 1. The molecule has 80 valence electrons. The van der Waals surface area contributed by atoms with Gasteiger partial charge in [-0.25, -0.2) is 0 Å². The first-order valence-corrected chi connectivity index (χ1v) is 5.61. The first-order valence-electron chi connectivity index (χ1n) is 5.61. The highest BCUT2D eigenvalue weighted by molar-refractivity contribution is 4.89. The summed E-state index contributed by atoms with van der Waals surface area (Å²) < 4.78 is 0. The van der Waals surface area contributed by atoms with E-state index in [0.29, 0.717) is 6.04 Å². The monoisotopic (exact) mass is 194 g/mol. The van der Waals surface area contributed by atoms with E-state index in [1.807, 2.05) is 0 Å². The lowest BCUT2D eigenvalue weighted by molar-refractivity contribution is 0.199. The van der Waals surface area contributed by atoms with Gasteiger partial charge in [0, 0.05) is 6.04 Å². The molecule has 1 fully saturated rings. The molecule has 0 bridgehead atoms. The second-order valence-corrected chi connectivity index (χ2v) is 4.49. The fraction of sp³-hybridized carbons (Fsp3) is 0.833. The number of rotatable bonds is 4. The maximum atomic E-state index is 5.29. The zero-order valence-corrected chi connectivity index (χ0v) is 9.42. The zero-order valence-electron chi connectivity index (χ0n) is 9.42. The van der Waals surface area contributed by atoms with Crippen LogP contribution in [-0.2, 0) is 0 Å². The fourth-order valence-corrected chi connectivity index (χ4v) is 1.88. The van der Waals surface area contributed by atoms with Crippen molar-refractivity contribution in [2.45, 2.75) is 32.7 Å². The highest BCUT2D eigenvalue weighted by atomic mass is 15.1. The Morgan fingerprint density at radius 1 is 1.43 bits per heavy atom. The van der Waals surface area contributed by atoms with Crippen LogP contribution in [0.4, 0.5) is 0 Å². The summed E-state index contributed by atoms with van der Waals surface area (Å²) in [5.41, 5.74) is 0. The van der Waals surface area contributed by atoms with Gasteiger partial charge >= 0.3 is 0 Å². The van der Waals surface area contributed by atoms with E-state index in [9.17, 15) is 0 Å². The second-order valence-electron chi connectivity index (χ2n) is 4.49. The Balaban J connectivity index is 2.13. The SMILES string of the molecule is C#CCN1CCC(CNC(C)C)CC1. The van der Waals surface area contributed by atoms with Crippen LogP contribution in [0.15, 0.2) is 0 Å². The normalized spacial score (nSPS) is 19.9. The van der Waals surface area contributed by atoms with Gasteiger partial charge in [-0.3, -0.25) is 4.90 Å². The summed E-state index contributed by atoms with van der Waals surface area (Å²) in [6.07, 6.45) is 7.87. The number of likely N-dealkylation sites (tertiary alicyclic amines) is 1. The maximum Gasteiger partial charge on any atom is 0.0598 e. The van der Waals surface area contributed by atoms with Gasteiger partial charge in [0.1, 0.15) is 0 Å². The Morgan fingerprint density at radius 3 is 2.57 bits per heavy atom. The smallest absolute Gasteiger partial charge is 0.0598 e. The molecule has 0 radical (unpaired) electrons. The number of nitrogens with zero attached hydrogens (tertiary/aromatic N) is 1. The highest BCUT2D eigenvalue weighted by Gasteiger charge is 2.17. The average Bonchev–Trinajstić information content (AvgIpc) is 2.17. The first kappa shape index (κ1) is 11.6. The molecular formula is C12H22N2. The van der Waals surface area contributed by atoms with Crippen LogP contribution >= 0.6 is 0 Å². The second kappa shape index (κ2) is 6.06. The Morgan fingerprint density at radius 2 is 2.07 bits per heavy atom. The van der Waals surface area contributed by atoms with Crippen LogP contribution in [-0.4, -0.2) is 37.1 Å². The van der Waals surface area contributed by atoms with Crippen LogP contribution in [0.1, 0.15) is 26.7 Å². The van der Waals surface area contributed by atoms with Gasteiger partial charge in [-0.2, -0.15) is 0 Å². The van der Waals surface area contributed by atoms with Crippen LogP contribution in [0.25, 0.3) is 0 Å². The molecule has 1 aliphatic rings. The molecule has 0 amide bonds. The molecule has 1 rings (SSSR count). The Kier molecular flexibility index (Phi) is 5.00. The van der Waals surface area contributed by atoms with Crippen molar-refractivity contribution in [3.63, 3.8) is 0 Å². The minimum absolute atomic E-state index is 0.610. The minimum Gasteiger partial charge on any atom is -0.314 e. The summed E-state index contributed by atoms with van der Waals surface area (Å²) >= 11 is 0. The van der Waals surface area contributed by atoms with Crippen LogP contribution in [0, 0.1) is 18.3 Å². The number of nitrogens with one attached hydrogen (secondary N) is 1. The van der Waals surface area contributed by atoms with Crippen molar-refractivity contribution in [2.75, 3.05) is 26.2 Å². The standard InChI is InChI=1S/C12H22N2/c1-4-7-14-8-5-12(6-9-14)10-13-11(2)3/h1,11-13H,5-10H2,2-3H3. The van der Waals surface area contributed by atoms with Crippen LogP contribution < -0.4 is 5.32 Å². The summed E-state index contributed by atoms with van der Waals surface area (Å²) in [6, 6.07) is 0.610. The van der Waals surface area contributed by atoms with Crippen molar-refractivity contribution in [1.29, 1.82) is 0 Å². The number of hydrogen-bond donors (Lipinski definition) is 1. The summed E-state index contributed by atoms with van der Waals surface area (Å²) in [6.45, 7) is 8.75. The Labute approximate surface area is 88.1 Å². The maximum absolute atomic E-state index is 5.29. The zero-order chi connectivity index (χ0) is 10.4. The largest absolute Gasteiger partial charge is 0.314 e. The van der Waals surface area contributed by atoms with Crippen molar-refractivity contribution in [2.24, 2.45) is 5.92 Å².